The molecule has 0 bridgehead atoms. The topological polar surface area (TPSA) is 32.8 Å². The Balaban J connectivity index is 1.79. The molecule has 0 saturated carbocycles. The third-order valence-corrected chi connectivity index (χ3v) is 5.89. The molecule has 2 heterocycles. The van der Waals surface area contributed by atoms with Crippen LogP contribution in [0.2, 0.25) is 0 Å². The fourth-order valence-electron chi connectivity index (χ4n) is 4.39. The summed E-state index contributed by atoms with van der Waals surface area (Å²) < 4.78 is 6.08. The summed E-state index contributed by atoms with van der Waals surface area (Å²) in [6.45, 7) is 12.4. The lowest BCUT2D eigenvalue weighted by Gasteiger charge is -2.34. The van der Waals surface area contributed by atoms with Crippen LogP contribution in [0.1, 0.15) is 61.8 Å². The maximum atomic E-state index is 12.0. The smallest absolute Gasteiger partial charge is 0.236 e. The zero-order valence-corrected chi connectivity index (χ0v) is 17.3. The van der Waals surface area contributed by atoms with Crippen LogP contribution >= 0.6 is 0 Å². The molecule has 1 saturated heterocycles. The van der Waals surface area contributed by atoms with Gasteiger partial charge >= 0.3 is 0 Å². The van der Waals surface area contributed by atoms with E-state index in [0.29, 0.717) is 12.5 Å². The van der Waals surface area contributed by atoms with Gasteiger partial charge in [0.15, 0.2) is 0 Å². The van der Waals surface area contributed by atoms with Crippen molar-refractivity contribution in [2.45, 2.75) is 58.3 Å². The molecule has 2 aliphatic rings. The number of hydrogen-bond acceptors (Lipinski definition) is 3. The van der Waals surface area contributed by atoms with E-state index in [-0.39, 0.29) is 11.3 Å². The summed E-state index contributed by atoms with van der Waals surface area (Å²) >= 11 is 0. The molecule has 26 heavy (non-hydrogen) atoms. The van der Waals surface area contributed by atoms with Crippen molar-refractivity contribution in [1.29, 1.82) is 0 Å². The second-order valence-electron chi connectivity index (χ2n) is 9.15. The van der Waals surface area contributed by atoms with Crippen LogP contribution in [0.3, 0.4) is 0 Å². The number of benzene rings is 1. The number of likely N-dealkylation sites (tertiary alicyclic amines) is 1. The van der Waals surface area contributed by atoms with E-state index in [1.54, 1.807) is 4.90 Å². The Labute approximate surface area is 158 Å². The SMILES string of the molecule is Cc1cc(C(C)(C)C)c2c(c1C1CCN(CC(=O)N(C)C)CC1)CCO2. The van der Waals surface area contributed by atoms with Crippen LogP contribution in [0.15, 0.2) is 6.07 Å². The molecule has 4 nitrogen and oxygen atoms in total. The van der Waals surface area contributed by atoms with Gasteiger partial charge in [-0.15, -0.1) is 0 Å². The third kappa shape index (κ3) is 3.75. The fourth-order valence-corrected chi connectivity index (χ4v) is 4.39. The van der Waals surface area contributed by atoms with Gasteiger partial charge in [0.05, 0.1) is 13.2 Å². The van der Waals surface area contributed by atoms with Crippen molar-refractivity contribution in [2.75, 3.05) is 40.3 Å². The van der Waals surface area contributed by atoms with E-state index in [2.05, 4.69) is 38.7 Å². The Morgan fingerprint density at radius 1 is 1.27 bits per heavy atom. The number of ether oxygens (including phenoxy) is 1. The summed E-state index contributed by atoms with van der Waals surface area (Å²) in [5, 5.41) is 0. The molecular formula is C22H34N2O2. The van der Waals surface area contributed by atoms with Crippen molar-refractivity contribution >= 4 is 5.91 Å². The molecule has 1 aromatic carbocycles. The van der Waals surface area contributed by atoms with Gasteiger partial charge in [-0.3, -0.25) is 9.69 Å². The second kappa shape index (κ2) is 7.22. The minimum absolute atomic E-state index is 0.105. The highest BCUT2D eigenvalue weighted by Crippen LogP contribution is 2.44. The van der Waals surface area contributed by atoms with Gasteiger partial charge in [-0.25, -0.2) is 0 Å². The Bertz CT molecular complexity index is 680. The Morgan fingerprint density at radius 3 is 2.50 bits per heavy atom. The zero-order chi connectivity index (χ0) is 19.1. The number of piperidine rings is 1. The molecule has 0 aliphatic carbocycles. The van der Waals surface area contributed by atoms with Crippen LogP contribution in [0.5, 0.6) is 5.75 Å². The number of carbonyl (C=O) groups is 1. The first-order valence-corrected chi connectivity index (χ1v) is 9.90. The highest BCUT2D eigenvalue weighted by molar-refractivity contribution is 5.77. The number of likely N-dealkylation sites (N-methyl/N-ethyl adjacent to an activating group) is 1. The normalized spacial score (nSPS) is 18.5. The molecule has 0 radical (unpaired) electrons. The van der Waals surface area contributed by atoms with Crippen LogP contribution in [0.4, 0.5) is 0 Å². The first kappa shape index (κ1) is 19.2. The highest BCUT2D eigenvalue weighted by Gasteiger charge is 2.32. The summed E-state index contributed by atoms with van der Waals surface area (Å²) in [6.07, 6.45) is 3.29. The quantitative estimate of drug-likeness (QED) is 0.829. The van der Waals surface area contributed by atoms with E-state index in [1.807, 2.05) is 14.1 Å². The monoisotopic (exact) mass is 358 g/mol. The lowest BCUT2D eigenvalue weighted by Crippen LogP contribution is -2.40. The maximum absolute atomic E-state index is 12.0. The molecule has 2 aliphatic heterocycles. The van der Waals surface area contributed by atoms with Crippen molar-refractivity contribution in [3.8, 4) is 5.75 Å². The molecule has 144 valence electrons. The largest absolute Gasteiger partial charge is 0.493 e. The van der Waals surface area contributed by atoms with Crippen molar-refractivity contribution in [1.82, 2.24) is 9.80 Å². The van der Waals surface area contributed by atoms with Gasteiger partial charge in [0.25, 0.3) is 0 Å². The van der Waals surface area contributed by atoms with Gasteiger partial charge < -0.3 is 9.64 Å². The van der Waals surface area contributed by atoms with Gasteiger partial charge in [0.1, 0.15) is 5.75 Å². The minimum Gasteiger partial charge on any atom is -0.493 e. The van der Waals surface area contributed by atoms with Crippen LogP contribution in [0, 0.1) is 6.92 Å². The Morgan fingerprint density at radius 2 is 1.92 bits per heavy atom. The lowest BCUT2D eigenvalue weighted by molar-refractivity contribution is -0.130. The first-order valence-electron chi connectivity index (χ1n) is 9.90. The number of rotatable bonds is 3. The van der Waals surface area contributed by atoms with Crippen LogP contribution in [-0.4, -0.2) is 56.0 Å². The second-order valence-corrected chi connectivity index (χ2v) is 9.15. The number of amides is 1. The lowest BCUT2D eigenvalue weighted by atomic mass is 9.78. The predicted octanol–water partition coefficient (Wildman–Crippen LogP) is 3.50. The van der Waals surface area contributed by atoms with E-state index in [1.165, 1.54) is 22.3 Å². The van der Waals surface area contributed by atoms with Gasteiger partial charge in [0, 0.05) is 31.6 Å². The average molecular weight is 359 g/mol. The summed E-state index contributed by atoms with van der Waals surface area (Å²) in [7, 11) is 3.66. The zero-order valence-electron chi connectivity index (χ0n) is 17.3. The molecule has 4 heteroatoms. The number of hydrogen-bond donors (Lipinski definition) is 0. The molecule has 0 aromatic heterocycles. The molecule has 1 amide bonds. The van der Waals surface area contributed by atoms with Crippen molar-refractivity contribution in [3.63, 3.8) is 0 Å². The number of carbonyl (C=O) groups excluding carboxylic acids is 1. The molecule has 0 unspecified atom stereocenters. The van der Waals surface area contributed by atoms with Crippen LogP contribution in [-0.2, 0) is 16.6 Å². The van der Waals surface area contributed by atoms with Gasteiger partial charge in [-0.1, -0.05) is 26.8 Å². The van der Waals surface area contributed by atoms with E-state index < -0.39 is 0 Å². The number of nitrogens with zero attached hydrogens (tertiary/aromatic N) is 2. The summed E-state index contributed by atoms with van der Waals surface area (Å²) in [5.41, 5.74) is 5.86. The predicted molar refractivity (Wildman–Crippen MR) is 106 cm³/mol. The van der Waals surface area contributed by atoms with E-state index >= 15 is 0 Å². The van der Waals surface area contributed by atoms with Gasteiger partial charge in [-0.05, 0) is 55.3 Å². The van der Waals surface area contributed by atoms with Gasteiger partial charge in [-0.2, -0.15) is 0 Å². The third-order valence-electron chi connectivity index (χ3n) is 5.89. The van der Waals surface area contributed by atoms with Crippen molar-refractivity contribution in [2.24, 2.45) is 0 Å². The summed E-state index contributed by atoms with van der Waals surface area (Å²) in [4.78, 5) is 16.0. The Hall–Kier alpha value is -1.55. The van der Waals surface area contributed by atoms with Crippen molar-refractivity contribution in [3.05, 3.63) is 28.3 Å². The van der Waals surface area contributed by atoms with Crippen LogP contribution < -0.4 is 4.74 Å². The molecule has 0 atom stereocenters. The van der Waals surface area contributed by atoms with E-state index in [0.717, 1.165) is 44.7 Å². The molecule has 1 aromatic rings. The molecular weight excluding hydrogens is 324 g/mol. The van der Waals surface area contributed by atoms with Gasteiger partial charge in [0.2, 0.25) is 5.91 Å². The fraction of sp³-hybridized carbons (Fsp3) is 0.682. The van der Waals surface area contributed by atoms with Crippen LogP contribution in [0.25, 0.3) is 0 Å². The number of fused-ring (bicyclic) bond motifs is 1. The molecule has 3 rings (SSSR count). The first-order chi connectivity index (χ1) is 12.2. The minimum atomic E-state index is 0.105. The number of aryl methyl sites for hydroxylation is 1. The summed E-state index contributed by atoms with van der Waals surface area (Å²) in [6, 6.07) is 2.36. The standard InChI is InChI=1S/C22H34N2O2/c1-15-13-18(22(2,3)4)21-17(9-12-26-21)20(15)16-7-10-24(11-8-16)14-19(25)23(5)6/h13,16H,7-12,14H2,1-6H3. The molecule has 0 spiro atoms. The highest BCUT2D eigenvalue weighted by atomic mass is 16.5. The van der Waals surface area contributed by atoms with E-state index in [9.17, 15) is 4.79 Å². The van der Waals surface area contributed by atoms with E-state index in [4.69, 9.17) is 4.74 Å². The maximum Gasteiger partial charge on any atom is 0.236 e. The Kier molecular flexibility index (Phi) is 5.34. The molecule has 0 N–H and O–H groups in total. The molecule has 1 fully saturated rings. The van der Waals surface area contributed by atoms with Crippen molar-refractivity contribution < 1.29 is 9.53 Å². The average Bonchev–Trinajstić information content (AvgIpc) is 3.03. The summed E-state index contributed by atoms with van der Waals surface area (Å²) in [5.74, 6) is 1.94.